The number of amides is 1. The van der Waals surface area contributed by atoms with Crippen molar-refractivity contribution < 1.29 is 4.79 Å². The molecule has 0 unspecified atom stereocenters. The summed E-state index contributed by atoms with van der Waals surface area (Å²) in [6.45, 7) is 6.33. The minimum atomic E-state index is -0.0255. The number of piperazine rings is 1. The summed E-state index contributed by atoms with van der Waals surface area (Å²) in [7, 11) is 0. The first kappa shape index (κ1) is 12.1. The second kappa shape index (κ2) is 5.32. The van der Waals surface area contributed by atoms with Crippen LogP contribution in [0, 0.1) is 11.3 Å². The highest BCUT2D eigenvalue weighted by Gasteiger charge is 2.19. The summed E-state index contributed by atoms with van der Waals surface area (Å²) >= 11 is 0. The van der Waals surface area contributed by atoms with E-state index in [0.717, 1.165) is 18.9 Å². The van der Waals surface area contributed by atoms with Crippen LogP contribution in [0.2, 0.25) is 0 Å². The molecule has 0 aromatic carbocycles. The number of pyridine rings is 1. The average molecular weight is 242 g/mol. The molecule has 1 amide bonds. The summed E-state index contributed by atoms with van der Waals surface area (Å²) in [5.74, 6) is 0.821. The van der Waals surface area contributed by atoms with Crippen molar-refractivity contribution in [3.8, 4) is 6.07 Å². The van der Waals surface area contributed by atoms with Crippen LogP contribution >= 0.6 is 0 Å². The summed E-state index contributed by atoms with van der Waals surface area (Å²) in [6.07, 6.45) is 2.91. The third-order valence-electron chi connectivity index (χ3n) is 2.97. The highest BCUT2D eigenvalue weighted by Crippen LogP contribution is 2.13. The number of hydrogen-bond acceptors (Lipinski definition) is 4. The minimum Gasteiger partial charge on any atom is -0.353 e. The van der Waals surface area contributed by atoms with Gasteiger partial charge in [0.15, 0.2) is 0 Å². The molecule has 1 fully saturated rings. The molecule has 18 heavy (non-hydrogen) atoms. The van der Waals surface area contributed by atoms with Crippen molar-refractivity contribution >= 4 is 11.7 Å². The Labute approximate surface area is 106 Å². The van der Waals surface area contributed by atoms with Crippen LogP contribution in [0.1, 0.15) is 5.56 Å². The Bertz CT molecular complexity index is 481. The second-order valence-electron chi connectivity index (χ2n) is 4.03. The number of nitrogens with zero attached hydrogens (tertiary/aromatic N) is 4. The molecular weight excluding hydrogens is 228 g/mol. The number of anilines is 1. The Morgan fingerprint density at radius 1 is 1.39 bits per heavy atom. The fourth-order valence-corrected chi connectivity index (χ4v) is 1.92. The normalized spacial score (nSPS) is 15.1. The summed E-state index contributed by atoms with van der Waals surface area (Å²) in [5.41, 5.74) is 0.555. The summed E-state index contributed by atoms with van der Waals surface area (Å²) in [4.78, 5) is 19.6. The van der Waals surface area contributed by atoms with Gasteiger partial charge in [0, 0.05) is 32.4 Å². The quantitative estimate of drug-likeness (QED) is 0.719. The molecule has 2 heterocycles. The van der Waals surface area contributed by atoms with Crippen LogP contribution in [0.15, 0.2) is 31.0 Å². The number of aromatic nitrogens is 1. The van der Waals surface area contributed by atoms with Gasteiger partial charge in [0.2, 0.25) is 5.91 Å². The first-order valence-corrected chi connectivity index (χ1v) is 5.77. The number of rotatable bonds is 2. The van der Waals surface area contributed by atoms with Crippen molar-refractivity contribution in [1.82, 2.24) is 9.88 Å². The zero-order valence-corrected chi connectivity index (χ0v) is 10.0. The van der Waals surface area contributed by atoms with Gasteiger partial charge in [-0.15, -0.1) is 0 Å². The lowest BCUT2D eigenvalue weighted by molar-refractivity contribution is -0.126. The van der Waals surface area contributed by atoms with Gasteiger partial charge in [0.1, 0.15) is 11.9 Å². The topological polar surface area (TPSA) is 60.2 Å². The molecule has 5 heteroatoms. The van der Waals surface area contributed by atoms with E-state index in [1.165, 1.54) is 6.08 Å². The van der Waals surface area contributed by atoms with Crippen molar-refractivity contribution in [3.63, 3.8) is 0 Å². The zero-order chi connectivity index (χ0) is 13.0. The summed E-state index contributed by atoms with van der Waals surface area (Å²) in [5, 5.41) is 8.70. The second-order valence-corrected chi connectivity index (χ2v) is 4.03. The molecule has 1 aliphatic heterocycles. The predicted octanol–water partition coefficient (Wildman–Crippen LogP) is 0.788. The van der Waals surface area contributed by atoms with Crippen molar-refractivity contribution in [1.29, 1.82) is 5.26 Å². The molecule has 0 saturated carbocycles. The Morgan fingerprint density at radius 3 is 2.61 bits per heavy atom. The molecule has 0 atom stereocenters. The first-order chi connectivity index (χ1) is 8.74. The van der Waals surface area contributed by atoms with Crippen molar-refractivity contribution in [3.05, 3.63) is 36.5 Å². The molecule has 0 aliphatic carbocycles. The lowest BCUT2D eigenvalue weighted by Crippen LogP contribution is -2.48. The van der Waals surface area contributed by atoms with Crippen molar-refractivity contribution in [2.45, 2.75) is 0 Å². The van der Waals surface area contributed by atoms with Crippen LogP contribution in [0.4, 0.5) is 5.82 Å². The maximum atomic E-state index is 11.4. The fourth-order valence-electron chi connectivity index (χ4n) is 1.92. The van der Waals surface area contributed by atoms with Gasteiger partial charge in [-0.1, -0.05) is 6.58 Å². The van der Waals surface area contributed by atoms with E-state index < -0.39 is 0 Å². The van der Waals surface area contributed by atoms with E-state index in [-0.39, 0.29) is 5.91 Å². The first-order valence-electron chi connectivity index (χ1n) is 5.77. The van der Waals surface area contributed by atoms with Crippen LogP contribution in [0.5, 0.6) is 0 Å². The third kappa shape index (κ3) is 2.48. The summed E-state index contributed by atoms with van der Waals surface area (Å²) in [6, 6.07) is 5.63. The van der Waals surface area contributed by atoms with Gasteiger partial charge in [-0.3, -0.25) is 4.79 Å². The maximum Gasteiger partial charge on any atom is 0.246 e. The lowest BCUT2D eigenvalue weighted by atomic mass is 10.2. The van der Waals surface area contributed by atoms with Gasteiger partial charge >= 0.3 is 0 Å². The third-order valence-corrected chi connectivity index (χ3v) is 2.97. The fraction of sp³-hybridized carbons (Fsp3) is 0.308. The molecule has 1 aromatic rings. The number of nitriles is 1. The van der Waals surface area contributed by atoms with Gasteiger partial charge in [0.05, 0.1) is 5.56 Å². The van der Waals surface area contributed by atoms with E-state index in [2.05, 4.69) is 16.5 Å². The average Bonchev–Trinajstić information content (AvgIpc) is 2.47. The Morgan fingerprint density at radius 2 is 2.11 bits per heavy atom. The molecule has 1 aliphatic rings. The van der Waals surface area contributed by atoms with Gasteiger partial charge in [-0.2, -0.15) is 5.26 Å². The van der Waals surface area contributed by atoms with Gasteiger partial charge in [-0.25, -0.2) is 4.98 Å². The predicted molar refractivity (Wildman–Crippen MR) is 67.9 cm³/mol. The van der Waals surface area contributed by atoms with E-state index in [4.69, 9.17) is 5.26 Å². The van der Waals surface area contributed by atoms with Crippen molar-refractivity contribution in [2.24, 2.45) is 0 Å². The molecule has 5 nitrogen and oxygen atoms in total. The van der Waals surface area contributed by atoms with E-state index in [1.807, 2.05) is 12.1 Å². The monoisotopic (exact) mass is 242 g/mol. The lowest BCUT2D eigenvalue weighted by Gasteiger charge is -2.34. The molecule has 92 valence electrons. The molecule has 1 aromatic heterocycles. The molecule has 1 saturated heterocycles. The van der Waals surface area contributed by atoms with Crippen LogP contribution in [-0.4, -0.2) is 42.0 Å². The van der Waals surface area contributed by atoms with Gasteiger partial charge < -0.3 is 9.80 Å². The maximum absolute atomic E-state index is 11.4. The Hall–Kier alpha value is -2.35. The van der Waals surface area contributed by atoms with Crippen LogP contribution < -0.4 is 4.90 Å². The number of hydrogen-bond donors (Lipinski definition) is 0. The largest absolute Gasteiger partial charge is 0.353 e. The number of carbonyl (C=O) groups is 1. The Balaban J connectivity index is 1.99. The van der Waals surface area contributed by atoms with E-state index in [1.54, 1.807) is 17.2 Å². The van der Waals surface area contributed by atoms with Crippen LogP contribution in [0.3, 0.4) is 0 Å². The molecule has 0 radical (unpaired) electrons. The minimum absolute atomic E-state index is 0.0255. The van der Waals surface area contributed by atoms with Crippen molar-refractivity contribution in [2.75, 3.05) is 31.1 Å². The highest BCUT2D eigenvalue weighted by molar-refractivity contribution is 5.87. The SMILES string of the molecule is C=CC(=O)N1CCN(c2ccc(C#N)cn2)CC1. The molecule has 0 N–H and O–H groups in total. The van der Waals surface area contributed by atoms with Gasteiger partial charge in [0.25, 0.3) is 0 Å². The van der Waals surface area contributed by atoms with Gasteiger partial charge in [-0.05, 0) is 18.2 Å². The molecular formula is C13H14N4O. The number of carbonyl (C=O) groups excluding carboxylic acids is 1. The van der Waals surface area contributed by atoms with Crippen LogP contribution in [-0.2, 0) is 4.79 Å². The zero-order valence-electron chi connectivity index (χ0n) is 10.0. The molecule has 2 rings (SSSR count). The molecule has 0 spiro atoms. The highest BCUT2D eigenvalue weighted by atomic mass is 16.2. The van der Waals surface area contributed by atoms with E-state index in [0.29, 0.717) is 18.7 Å². The smallest absolute Gasteiger partial charge is 0.246 e. The Kier molecular flexibility index (Phi) is 3.58. The van der Waals surface area contributed by atoms with E-state index in [9.17, 15) is 4.79 Å². The molecule has 0 bridgehead atoms. The van der Waals surface area contributed by atoms with Crippen LogP contribution in [0.25, 0.3) is 0 Å². The van der Waals surface area contributed by atoms with E-state index >= 15 is 0 Å². The standard InChI is InChI=1S/C13H14N4O/c1-2-13(18)17-7-5-16(6-8-17)12-4-3-11(9-14)10-15-12/h2-4,10H,1,5-8H2. The summed E-state index contributed by atoms with van der Waals surface area (Å²) < 4.78 is 0.